The molecule has 0 unspecified atom stereocenters. The maximum Gasteiger partial charge on any atom is 0.270 e. The van der Waals surface area contributed by atoms with Crippen LogP contribution in [0.1, 0.15) is 29.4 Å². The summed E-state index contributed by atoms with van der Waals surface area (Å²) in [5, 5.41) is 10.3. The van der Waals surface area contributed by atoms with Crippen LogP contribution in [0.15, 0.2) is 30.7 Å². The van der Waals surface area contributed by atoms with Gasteiger partial charge in [0.05, 0.1) is 12.7 Å². The van der Waals surface area contributed by atoms with Gasteiger partial charge in [-0.25, -0.2) is 0 Å². The Hall–Kier alpha value is -2.37. The monoisotopic (exact) mass is 287 g/mol. The average Bonchev–Trinajstić information content (AvgIpc) is 2.91. The van der Waals surface area contributed by atoms with E-state index < -0.39 is 0 Å². The molecular weight excluding hydrogens is 266 g/mol. The SMILES string of the molecule is CCCNc1ccnc(C(=O)NCCn2cc(C)cn2)c1. The molecule has 0 aliphatic rings. The first-order valence-electron chi connectivity index (χ1n) is 7.16. The highest BCUT2D eigenvalue weighted by atomic mass is 16.1. The summed E-state index contributed by atoms with van der Waals surface area (Å²) >= 11 is 0. The zero-order valence-corrected chi connectivity index (χ0v) is 12.5. The molecule has 2 N–H and O–H groups in total. The van der Waals surface area contributed by atoms with Crippen molar-refractivity contribution in [3.05, 3.63) is 42.0 Å². The molecule has 0 aliphatic heterocycles. The standard InChI is InChI=1S/C15H21N5O/c1-3-5-16-13-4-6-17-14(9-13)15(21)18-7-8-20-11-12(2)10-19-20/h4,6,9-11H,3,5,7-8H2,1-2H3,(H,16,17)(H,18,21). The van der Waals surface area contributed by atoms with Gasteiger partial charge in [0.15, 0.2) is 0 Å². The molecule has 2 heterocycles. The van der Waals surface area contributed by atoms with E-state index in [2.05, 4.69) is 27.6 Å². The molecule has 0 bridgehead atoms. The minimum Gasteiger partial charge on any atom is -0.385 e. The molecule has 0 aromatic carbocycles. The zero-order valence-electron chi connectivity index (χ0n) is 12.5. The Kier molecular flexibility index (Phi) is 5.31. The predicted octanol–water partition coefficient (Wildman–Crippen LogP) is 1.84. The van der Waals surface area contributed by atoms with E-state index in [1.54, 1.807) is 18.5 Å². The van der Waals surface area contributed by atoms with Crippen LogP contribution in [0.25, 0.3) is 0 Å². The van der Waals surface area contributed by atoms with Crippen molar-refractivity contribution in [3.8, 4) is 0 Å². The Morgan fingerprint density at radius 1 is 1.38 bits per heavy atom. The summed E-state index contributed by atoms with van der Waals surface area (Å²) in [4.78, 5) is 16.1. The fourth-order valence-electron chi connectivity index (χ4n) is 1.90. The number of hydrogen-bond acceptors (Lipinski definition) is 4. The number of nitrogens with zero attached hydrogens (tertiary/aromatic N) is 3. The van der Waals surface area contributed by atoms with Gasteiger partial charge < -0.3 is 10.6 Å². The summed E-state index contributed by atoms with van der Waals surface area (Å²) in [6, 6.07) is 3.63. The van der Waals surface area contributed by atoms with Crippen LogP contribution in [-0.2, 0) is 6.54 Å². The second-order valence-corrected chi connectivity index (χ2v) is 4.89. The van der Waals surface area contributed by atoms with Gasteiger partial charge in [-0.3, -0.25) is 14.5 Å². The Bertz CT molecular complexity index is 593. The van der Waals surface area contributed by atoms with Crippen molar-refractivity contribution >= 4 is 11.6 Å². The van der Waals surface area contributed by atoms with Gasteiger partial charge in [-0.1, -0.05) is 6.92 Å². The summed E-state index contributed by atoms with van der Waals surface area (Å²) in [6.07, 6.45) is 6.42. The molecule has 0 saturated carbocycles. The number of aryl methyl sites for hydroxylation is 1. The van der Waals surface area contributed by atoms with E-state index in [0.717, 1.165) is 24.2 Å². The van der Waals surface area contributed by atoms with Crippen molar-refractivity contribution in [1.29, 1.82) is 0 Å². The van der Waals surface area contributed by atoms with Gasteiger partial charge in [0.1, 0.15) is 5.69 Å². The number of rotatable bonds is 7. The highest BCUT2D eigenvalue weighted by molar-refractivity contribution is 5.93. The number of carbonyl (C=O) groups is 1. The van der Waals surface area contributed by atoms with E-state index in [1.165, 1.54) is 0 Å². The number of anilines is 1. The molecule has 2 aromatic rings. The molecule has 0 fully saturated rings. The fraction of sp³-hybridized carbons (Fsp3) is 0.400. The third-order valence-electron chi connectivity index (χ3n) is 2.96. The van der Waals surface area contributed by atoms with Crippen molar-refractivity contribution in [1.82, 2.24) is 20.1 Å². The predicted molar refractivity (Wildman–Crippen MR) is 82.3 cm³/mol. The summed E-state index contributed by atoms with van der Waals surface area (Å²) in [6.45, 7) is 6.13. The van der Waals surface area contributed by atoms with Crippen molar-refractivity contribution < 1.29 is 4.79 Å². The summed E-state index contributed by atoms with van der Waals surface area (Å²) in [7, 11) is 0. The van der Waals surface area contributed by atoms with Crippen LogP contribution < -0.4 is 10.6 Å². The molecule has 112 valence electrons. The van der Waals surface area contributed by atoms with Gasteiger partial charge in [0, 0.05) is 31.2 Å². The first-order valence-corrected chi connectivity index (χ1v) is 7.16. The number of hydrogen-bond donors (Lipinski definition) is 2. The van der Waals surface area contributed by atoms with Crippen molar-refractivity contribution in [3.63, 3.8) is 0 Å². The quantitative estimate of drug-likeness (QED) is 0.815. The summed E-state index contributed by atoms with van der Waals surface area (Å²) < 4.78 is 1.81. The Morgan fingerprint density at radius 3 is 2.95 bits per heavy atom. The minimum atomic E-state index is -0.168. The molecule has 1 amide bonds. The number of aromatic nitrogens is 3. The summed E-state index contributed by atoms with van der Waals surface area (Å²) in [5.41, 5.74) is 2.45. The number of carbonyl (C=O) groups excluding carboxylic acids is 1. The van der Waals surface area contributed by atoms with E-state index in [0.29, 0.717) is 18.8 Å². The third kappa shape index (κ3) is 4.59. The van der Waals surface area contributed by atoms with E-state index in [1.807, 2.05) is 23.9 Å². The van der Waals surface area contributed by atoms with Gasteiger partial charge in [-0.15, -0.1) is 0 Å². The lowest BCUT2D eigenvalue weighted by atomic mass is 10.3. The van der Waals surface area contributed by atoms with E-state index in [-0.39, 0.29) is 5.91 Å². The van der Waals surface area contributed by atoms with Gasteiger partial charge in [0.25, 0.3) is 5.91 Å². The molecule has 21 heavy (non-hydrogen) atoms. The Balaban J connectivity index is 1.85. The third-order valence-corrected chi connectivity index (χ3v) is 2.96. The molecule has 2 rings (SSSR count). The van der Waals surface area contributed by atoms with E-state index >= 15 is 0 Å². The van der Waals surface area contributed by atoms with E-state index in [9.17, 15) is 4.79 Å². The second-order valence-electron chi connectivity index (χ2n) is 4.89. The minimum absolute atomic E-state index is 0.168. The van der Waals surface area contributed by atoms with Crippen molar-refractivity contribution in [2.75, 3.05) is 18.4 Å². The lowest BCUT2D eigenvalue weighted by Crippen LogP contribution is -2.28. The number of nitrogens with one attached hydrogen (secondary N) is 2. The van der Waals surface area contributed by atoms with Crippen LogP contribution in [0.2, 0.25) is 0 Å². The van der Waals surface area contributed by atoms with Crippen LogP contribution in [0.5, 0.6) is 0 Å². The van der Waals surface area contributed by atoms with Gasteiger partial charge in [-0.2, -0.15) is 5.10 Å². The van der Waals surface area contributed by atoms with Crippen LogP contribution in [0, 0.1) is 6.92 Å². The highest BCUT2D eigenvalue weighted by Gasteiger charge is 2.07. The smallest absolute Gasteiger partial charge is 0.270 e. The van der Waals surface area contributed by atoms with Gasteiger partial charge in [-0.05, 0) is 31.0 Å². The topological polar surface area (TPSA) is 71.8 Å². The van der Waals surface area contributed by atoms with E-state index in [4.69, 9.17) is 0 Å². The number of pyridine rings is 1. The first kappa shape index (κ1) is 15.0. The van der Waals surface area contributed by atoms with Crippen molar-refractivity contribution in [2.45, 2.75) is 26.8 Å². The Morgan fingerprint density at radius 2 is 2.24 bits per heavy atom. The molecular formula is C15H21N5O. The zero-order chi connectivity index (χ0) is 15.1. The van der Waals surface area contributed by atoms with Crippen LogP contribution in [0.3, 0.4) is 0 Å². The highest BCUT2D eigenvalue weighted by Crippen LogP contribution is 2.07. The fourth-order valence-corrected chi connectivity index (χ4v) is 1.90. The molecule has 0 saturated heterocycles. The first-order chi connectivity index (χ1) is 10.2. The van der Waals surface area contributed by atoms with Crippen LogP contribution in [-0.4, -0.2) is 33.8 Å². The molecule has 6 nitrogen and oxygen atoms in total. The lowest BCUT2D eigenvalue weighted by Gasteiger charge is -2.07. The Labute approximate surface area is 124 Å². The molecule has 0 atom stereocenters. The maximum atomic E-state index is 12.0. The van der Waals surface area contributed by atoms with Gasteiger partial charge >= 0.3 is 0 Å². The molecule has 0 spiro atoms. The molecule has 6 heteroatoms. The van der Waals surface area contributed by atoms with Crippen molar-refractivity contribution in [2.24, 2.45) is 0 Å². The summed E-state index contributed by atoms with van der Waals surface area (Å²) in [5.74, 6) is -0.168. The van der Waals surface area contributed by atoms with Crippen LogP contribution in [0.4, 0.5) is 5.69 Å². The van der Waals surface area contributed by atoms with Crippen LogP contribution >= 0.6 is 0 Å². The molecule has 2 aromatic heterocycles. The maximum absolute atomic E-state index is 12.0. The largest absolute Gasteiger partial charge is 0.385 e. The average molecular weight is 287 g/mol. The second kappa shape index (κ2) is 7.42. The molecule has 0 aliphatic carbocycles. The number of amides is 1. The molecule has 0 radical (unpaired) electrons. The van der Waals surface area contributed by atoms with Gasteiger partial charge in [0.2, 0.25) is 0 Å². The normalized spacial score (nSPS) is 10.4. The lowest BCUT2D eigenvalue weighted by molar-refractivity contribution is 0.0947.